The van der Waals surface area contributed by atoms with Crippen LogP contribution in [0.25, 0.3) is 0 Å². The van der Waals surface area contributed by atoms with Crippen LogP contribution in [-0.2, 0) is 14.3 Å². The Hall–Kier alpha value is -2.44. The highest BCUT2D eigenvalue weighted by molar-refractivity contribution is 6.35. The smallest absolute Gasteiger partial charge is 0.306 e. The van der Waals surface area contributed by atoms with E-state index in [0.29, 0.717) is 34.5 Å². The van der Waals surface area contributed by atoms with Gasteiger partial charge in [-0.2, -0.15) is 0 Å². The topological polar surface area (TPSA) is 73.9 Å². The van der Waals surface area contributed by atoms with Gasteiger partial charge < -0.3 is 19.5 Å². The lowest BCUT2D eigenvalue weighted by Crippen LogP contribution is -2.21. The van der Waals surface area contributed by atoms with Gasteiger partial charge in [-0.15, -0.1) is 0 Å². The van der Waals surface area contributed by atoms with Crippen molar-refractivity contribution in [1.82, 2.24) is 0 Å². The summed E-state index contributed by atoms with van der Waals surface area (Å²) in [5.41, 5.74) is 0.432. The summed E-state index contributed by atoms with van der Waals surface area (Å²) in [6.07, 6.45) is 0.614. The van der Waals surface area contributed by atoms with Gasteiger partial charge in [-0.05, 0) is 48.9 Å². The molecular formula is C19H19Cl2NO5. The van der Waals surface area contributed by atoms with E-state index in [0.717, 1.165) is 5.75 Å². The third kappa shape index (κ3) is 7.76. The molecule has 1 amide bonds. The van der Waals surface area contributed by atoms with Crippen LogP contribution in [0.4, 0.5) is 5.69 Å². The van der Waals surface area contributed by atoms with Gasteiger partial charge in [0.2, 0.25) is 0 Å². The minimum Gasteiger partial charge on any atom is -0.497 e. The zero-order chi connectivity index (χ0) is 19.6. The largest absolute Gasteiger partial charge is 0.497 e. The van der Waals surface area contributed by atoms with Crippen LogP contribution in [0.2, 0.25) is 10.0 Å². The van der Waals surface area contributed by atoms with Crippen LogP contribution in [0.15, 0.2) is 42.5 Å². The van der Waals surface area contributed by atoms with Crippen LogP contribution < -0.4 is 14.8 Å². The van der Waals surface area contributed by atoms with Gasteiger partial charge in [0.25, 0.3) is 5.91 Å². The molecule has 2 aromatic carbocycles. The Labute approximate surface area is 167 Å². The van der Waals surface area contributed by atoms with Gasteiger partial charge in [-0.25, -0.2) is 0 Å². The van der Waals surface area contributed by atoms with E-state index in [2.05, 4.69) is 5.32 Å². The van der Waals surface area contributed by atoms with Gasteiger partial charge in [0.05, 0.1) is 13.7 Å². The van der Waals surface area contributed by atoms with Gasteiger partial charge in [0.15, 0.2) is 6.61 Å². The number of rotatable bonds is 9. The van der Waals surface area contributed by atoms with Crippen LogP contribution >= 0.6 is 23.2 Å². The molecule has 0 unspecified atom stereocenters. The lowest BCUT2D eigenvalue weighted by Gasteiger charge is -2.08. The Morgan fingerprint density at radius 2 is 1.63 bits per heavy atom. The van der Waals surface area contributed by atoms with Gasteiger partial charge in [0.1, 0.15) is 11.5 Å². The summed E-state index contributed by atoms with van der Waals surface area (Å²) in [6.45, 7) is -0.0308. The molecule has 1 N–H and O–H groups in total. The van der Waals surface area contributed by atoms with Crippen molar-refractivity contribution in [2.24, 2.45) is 0 Å². The van der Waals surface area contributed by atoms with E-state index in [1.54, 1.807) is 49.6 Å². The highest BCUT2D eigenvalue weighted by Crippen LogP contribution is 2.22. The minimum atomic E-state index is -0.479. The number of hydrogen-bond donors (Lipinski definition) is 1. The lowest BCUT2D eigenvalue weighted by molar-refractivity contribution is -0.147. The molecule has 0 saturated heterocycles. The number of benzene rings is 2. The second-order valence-corrected chi connectivity index (χ2v) is 6.37. The number of amides is 1. The van der Waals surface area contributed by atoms with Crippen molar-refractivity contribution < 1.29 is 23.8 Å². The highest BCUT2D eigenvalue weighted by Gasteiger charge is 2.09. The monoisotopic (exact) mass is 411 g/mol. The van der Waals surface area contributed by atoms with E-state index in [4.69, 9.17) is 37.4 Å². The van der Waals surface area contributed by atoms with E-state index in [9.17, 15) is 9.59 Å². The number of halogens is 2. The lowest BCUT2D eigenvalue weighted by atomic mass is 10.3. The number of methoxy groups -OCH3 is 1. The molecule has 0 radical (unpaired) electrons. The quantitative estimate of drug-likeness (QED) is 0.490. The number of carbonyl (C=O) groups excluding carboxylic acids is 2. The molecule has 0 aliphatic heterocycles. The van der Waals surface area contributed by atoms with E-state index >= 15 is 0 Å². The first-order valence-electron chi connectivity index (χ1n) is 8.14. The van der Waals surface area contributed by atoms with Crippen molar-refractivity contribution in [1.29, 1.82) is 0 Å². The summed E-state index contributed by atoms with van der Waals surface area (Å²) in [5.74, 6) is 0.469. The van der Waals surface area contributed by atoms with Crippen LogP contribution in [-0.4, -0.2) is 32.2 Å². The Balaban J connectivity index is 1.63. The van der Waals surface area contributed by atoms with Crippen LogP contribution in [0.5, 0.6) is 11.5 Å². The zero-order valence-corrected chi connectivity index (χ0v) is 16.2. The molecule has 0 aromatic heterocycles. The normalized spacial score (nSPS) is 10.2. The van der Waals surface area contributed by atoms with Crippen LogP contribution in [0.1, 0.15) is 12.8 Å². The molecule has 0 aliphatic carbocycles. The third-order valence-corrected chi connectivity index (χ3v) is 3.80. The summed E-state index contributed by atoms with van der Waals surface area (Å²) in [7, 11) is 1.59. The van der Waals surface area contributed by atoms with Gasteiger partial charge >= 0.3 is 5.97 Å². The fraction of sp³-hybridized carbons (Fsp3) is 0.263. The van der Waals surface area contributed by atoms with Gasteiger partial charge in [0, 0.05) is 22.2 Å². The maximum Gasteiger partial charge on any atom is 0.306 e. The molecule has 2 aromatic rings. The third-order valence-electron chi connectivity index (χ3n) is 3.36. The maximum atomic E-state index is 11.8. The van der Waals surface area contributed by atoms with E-state index in [1.807, 2.05) is 0 Å². The highest BCUT2D eigenvalue weighted by atomic mass is 35.5. The van der Waals surface area contributed by atoms with Gasteiger partial charge in [-0.1, -0.05) is 23.2 Å². The molecule has 0 saturated carbocycles. The number of nitrogens with one attached hydrogen (secondary N) is 1. The Kier molecular flexibility index (Phi) is 8.23. The minimum absolute atomic E-state index is 0.145. The first kappa shape index (κ1) is 20.9. The fourth-order valence-corrected chi connectivity index (χ4v) is 2.65. The summed E-state index contributed by atoms with van der Waals surface area (Å²) < 4.78 is 15.5. The van der Waals surface area contributed by atoms with E-state index < -0.39 is 11.9 Å². The van der Waals surface area contributed by atoms with Crippen molar-refractivity contribution in [2.75, 3.05) is 25.6 Å². The average Bonchev–Trinajstić information content (AvgIpc) is 2.63. The standard InChI is InChI=1S/C19H19Cl2NO5/c1-25-16-4-6-17(7-5-16)26-8-2-3-19(24)27-12-18(23)22-15-10-13(20)9-14(21)11-15/h4-7,9-11H,2-3,8,12H2,1H3,(H,22,23). The van der Waals surface area contributed by atoms with Crippen molar-refractivity contribution >= 4 is 40.8 Å². The van der Waals surface area contributed by atoms with E-state index in [-0.39, 0.29) is 13.0 Å². The number of anilines is 1. The molecule has 0 aliphatic rings. The van der Waals surface area contributed by atoms with Gasteiger partial charge in [-0.3, -0.25) is 9.59 Å². The Morgan fingerprint density at radius 1 is 1.00 bits per heavy atom. The Morgan fingerprint density at radius 3 is 2.26 bits per heavy atom. The number of esters is 1. The van der Waals surface area contributed by atoms with Crippen molar-refractivity contribution in [3.8, 4) is 11.5 Å². The zero-order valence-electron chi connectivity index (χ0n) is 14.7. The second kappa shape index (κ2) is 10.6. The maximum absolute atomic E-state index is 11.8. The molecule has 0 fully saturated rings. The van der Waals surface area contributed by atoms with E-state index in [1.165, 1.54) is 0 Å². The number of carbonyl (C=O) groups is 2. The molecule has 27 heavy (non-hydrogen) atoms. The summed E-state index contributed by atoms with van der Waals surface area (Å²) >= 11 is 11.7. The Bertz CT molecular complexity index is 760. The predicted molar refractivity (Wildman–Crippen MR) is 104 cm³/mol. The molecule has 0 atom stereocenters. The van der Waals surface area contributed by atoms with Crippen molar-refractivity contribution in [3.05, 3.63) is 52.5 Å². The van der Waals surface area contributed by atoms with Crippen LogP contribution in [0, 0.1) is 0 Å². The average molecular weight is 412 g/mol. The first-order chi connectivity index (χ1) is 13.0. The molecule has 0 heterocycles. The summed E-state index contributed by atoms with van der Waals surface area (Å²) in [6, 6.07) is 11.8. The first-order valence-corrected chi connectivity index (χ1v) is 8.90. The second-order valence-electron chi connectivity index (χ2n) is 5.49. The molecule has 0 spiro atoms. The summed E-state index contributed by atoms with van der Waals surface area (Å²) in [4.78, 5) is 23.5. The summed E-state index contributed by atoms with van der Waals surface area (Å²) in [5, 5.41) is 3.35. The number of hydrogen-bond acceptors (Lipinski definition) is 5. The molecular weight excluding hydrogens is 393 g/mol. The molecule has 144 valence electrons. The SMILES string of the molecule is COc1ccc(OCCCC(=O)OCC(=O)Nc2cc(Cl)cc(Cl)c2)cc1. The molecule has 6 nitrogen and oxygen atoms in total. The predicted octanol–water partition coefficient (Wildman–Crippen LogP) is 4.34. The molecule has 0 bridgehead atoms. The van der Waals surface area contributed by atoms with Crippen LogP contribution in [0.3, 0.4) is 0 Å². The van der Waals surface area contributed by atoms with Crippen molar-refractivity contribution in [3.63, 3.8) is 0 Å². The fourth-order valence-electron chi connectivity index (χ4n) is 2.12. The van der Waals surface area contributed by atoms with Crippen molar-refractivity contribution in [2.45, 2.75) is 12.8 Å². The molecule has 2 rings (SSSR count). The molecule has 8 heteroatoms. The number of ether oxygens (including phenoxy) is 3.